The van der Waals surface area contributed by atoms with Gasteiger partial charge in [-0.3, -0.25) is 0 Å². The molecular formula is C20H28N4O2. The van der Waals surface area contributed by atoms with E-state index in [2.05, 4.69) is 40.2 Å². The smallest absolute Gasteiger partial charge is 0.137 e. The third kappa shape index (κ3) is 4.64. The van der Waals surface area contributed by atoms with Crippen LogP contribution in [0.5, 0.6) is 5.75 Å². The lowest BCUT2D eigenvalue weighted by atomic mass is 10.0. The Balaban J connectivity index is 1.64. The van der Waals surface area contributed by atoms with Crippen LogP contribution in [0.1, 0.15) is 37.2 Å². The quantitative estimate of drug-likeness (QED) is 0.730. The second-order valence-electron chi connectivity index (χ2n) is 6.59. The van der Waals surface area contributed by atoms with Gasteiger partial charge in [-0.15, -0.1) is 0 Å². The highest BCUT2D eigenvalue weighted by atomic mass is 16.5. The molecule has 6 nitrogen and oxygen atoms in total. The monoisotopic (exact) mass is 356 g/mol. The van der Waals surface area contributed by atoms with E-state index in [0.717, 1.165) is 54.6 Å². The van der Waals surface area contributed by atoms with E-state index in [-0.39, 0.29) is 6.04 Å². The summed E-state index contributed by atoms with van der Waals surface area (Å²) < 4.78 is 11.2. The normalized spacial score (nSPS) is 16.3. The summed E-state index contributed by atoms with van der Waals surface area (Å²) in [5.41, 5.74) is 2.18. The average Bonchev–Trinajstić information content (AvgIpc) is 2.64. The van der Waals surface area contributed by atoms with Crippen LogP contribution in [0, 0.1) is 6.92 Å². The molecule has 1 N–H and O–H groups in total. The lowest BCUT2D eigenvalue weighted by Crippen LogP contribution is -2.31. The minimum absolute atomic E-state index is 0.199. The third-order valence-electron chi connectivity index (χ3n) is 4.43. The van der Waals surface area contributed by atoms with Gasteiger partial charge in [0.25, 0.3) is 0 Å². The van der Waals surface area contributed by atoms with Crippen LogP contribution in [-0.4, -0.2) is 43.4 Å². The second-order valence-corrected chi connectivity index (χ2v) is 6.59. The van der Waals surface area contributed by atoms with E-state index in [1.807, 2.05) is 31.3 Å². The summed E-state index contributed by atoms with van der Waals surface area (Å²) in [6.45, 7) is 6.95. The minimum Gasteiger partial charge on any atom is -0.491 e. The van der Waals surface area contributed by atoms with Crippen LogP contribution in [0.3, 0.4) is 0 Å². The van der Waals surface area contributed by atoms with Crippen LogP contribution < -0.4 is 15.0 Å². The number of aryl methyl sites for hydroxylation is 1. The van der Waals surface area contributed by atoms with Crippen molar-refractivity contribution in [1.82, 2.24) is 9.97 Å². The molecule has 0 saturated carbocycles. The molecule has 1 unspecified atom stereocenters. The Kier molecular flexibility index (Phi) is 6.28. The largest absolute Gasteiger partial charge is 0.491 e. The predicted molar refractivity (Wildman–Crippen MR) is 104 cm³/mol. The Morgan fingerprint density at radius 2 is 2.15 bits per heavy atom. The van der Waals surface area contributed by atoms with E-state index in [1.54, 1.807) is 0 Å². The highest BCUT2D eigenvalue weighted by Gasteiger charge is 2.25. The summed E-state index contributed by atoms with van der Waals surface area (Å²) in [7, 11) is 2.08. The fourth-order valence-electron chi connectivity index (χ4n) is 3.09. The van der Waals surface area contributed by atoms with Crippen LogP contribution >= 0.6 is 0 Å². The minimum atomic E-state index is 0.199. The van der Waals surface area contributed by atoms with Gasteiger partial charge in [-0.2, -0.15) is 0 Å². The van der Waals surface area contributed by atoms with Gasteiger partial charge in [-0.1, -0.05) is 13.0 Å². The van der Waals surface area contributed by atoms with Crippen molar-refractivity contribution in [2.24, 2.45) is 0 Å². The predicted octanol–water partition coefficient (Wildman–Crippen LogP) is 3.58. The first-order valence-corrected chi connectivity index (χ1v) is 9.29. The van der Waals surface area contributed by atoms with Crippen LogP contribution in [0.4, 0.5) is 11.5 Å². The number of benzene rings is 1. The molecule has 0 saturated heterocycles. The lowest BCUT2D eigenvalue weighted by molar-refractivity contribution is 0.101. The summed E-state index contributed by atoms with van der Waals surface area (Å²) in [5.74, 6) is 2.67. The van der Waals surface area contributed by atoms with Crippen molar-refractivity contribution in [3.8, 4) is 5.75 Å². The lowest BCUT2D eigenvalue weighted by Gasteiger charge is -2.32. The van der Waals surface area contributed by atoms with Gasteiger partial charge in [0.15, 0.2) is 0 Å². The first-order valence-electron chi connectivity index (χ1n) is 9.29. The molecule has 0 amide bonds. The van der Waals surface area contributed by atoms with Gasteiger partial charge in [-0.25, -0.2) is 9.97 Å². The molecule has 1 aromatic heterocycles. The molecule has 0 bridgehead atoms. The number of anilines is 2. The molecule has 6 heteroatoms. The van der Waals surface area contributed by atoms with Crippen molar-refractivity contribution >= 4 is 11.5 Å². The number of hydrogen-bond acceptors (Lipinski definition) is 6. The molecular weight excluding hydrogens is 328 g/mol. The maximum absolute atomic E-state index is 5.79. The molecule has 1 aliphatic rings. The number of nitrogens with one attached hydrogen (secondary N) is 1. The Labute approximate surface area is 155 Å². The van der Waals surface area contributed by atoms with Crippen LogP contribution in [0.25, 0.3) is 0 Å². The van der Waals surface area contributed by atoms with Gasteiger partial charge in [0.2, 0.25) is 0 Å². The fourth-order valence-corrected chi connectivity index (χ4v) is 3.09. The van der Waals surface area contributed by atoms with Crippen LogP contribution in [0.2, 0.25) is 0 Å². The highest BCUT2D eigenvalue weighted by Crippen LogP contribution is 2.33. The zero-order valence-electron chi connectivity index (χ0n) is 15.9. The molecule has 3 rings (SSSR count). The van der Waals surface area contributed by atoms with Crippen molar-refractivity contribution in [2.75, 3.05) is 43.6 Å². The van der Waals surface area contributed by atoms with Crippen molar-refractivity contribution in [2.45, 2.75) is 32.7 Å². The Hall–Kier alpha value is -2.34. The van der Waals surface area contributed by atoms with Crippen molar-refractivity contribution in [3.63, 3.8) is 0 Å². The molecule has 1 aliphatic heterocycles. The van der Waals surface area contributed by atoms with Gasteiger partial charge >= 0.3 is 0 Å². The standard InChI is InChI=1S/C20H28N4O2/c1-4-10-25-11-12-26-17-7-5-6-16(13-17)23-19-8-9-24(3)20-18(19)14-21-15(2)22-20/h5-7,13-14,19,23H,4,8-12H2,1-3H3. The topological polar surface area (TPSA) is 59.5 Å². The van der Waals surface area contributed by atoms with Crippen molar-refractivity contribution < 1.29 is 9.47 Å². The summed E-state index contributed by atoms with van der Waals surface area (Å²) >= 11 is 0. The summed E-state index contributed by atoms with van der Waals surface area (Å²) in [6, 6.07) is 8.27. The number of ether oxygens (including phenoxy) is 2. The van der Waals surface area contributed by atoms with Gasteiger partial charge in [0, 0.05) is 43.7 Å². The molecule has 2 heterocycles. The van der Waals surface area contributed by atoms with Gasteiger partial charge in [-0.05, 0) is 31.9 Å². The summed E-state index contributed by atoms with van der Waals surface area (Å²) in [5, 5.41) is 3.61. The first kappa shape index (κ1) is 18.5. The summed E-state index contributed by atoms with van der Waals surface area (Å²) in [6.07, 6.45) is 3.98. The van der Waals surface area contributed by atoms with Crippen LogP contribution in [-0.2, 0) is 4.74 Å². The molecule has 0 radical (unpaired) electrons. The molecule has 140 valence electrons. The van der Waals surface area contributed by atoms with Gasteiger partial charge in [0.1, 0.15) is 24.0 Å². The number of aromatic nitrogens is 2. The Morgan fingerprint density at radius 1 is 1.27 bits per heavy atom. The van der Waals surface area contributed by atoms with Gasteiger partial charge < -0.3 is 19.7 Å². The fraction of sp³-hybridized carbons (Fsp3) is 0.500. The number of fused-ring (bicyclic) bond motifs is 1. The molecule has 0 fully saturated rings. The van der Waals surface area contributed by atoms with Crippen LogP contribution in [0.15, 0.2) is 30.5 Å². The van der Waals surface area contributed by atoms with E-state index in [9.17, 15) is 0 Å². The SMILES string of the molecule is CCCOCCOc1cccc(NC2CCN(C)c3nc(C)ncc32)c1. The molecule has 0 aliphatic carbocycles. The molecule has 26 heavy (non-hydrogen) atoms. The number of rotatable bonds is 8. The molecule has 2 aromatic rings. The zero-order chi connectivity index (χ0) is 18.4. The first-order chi connectivity index (χ1) is 12.7. The van der Waals surface area contributed by atoms with E-state index in [1.165, 1.54) is 0 Å². The van der Waals surface area contributed by atoms with Crippen molar-refractivity contribution in [1.29, 1.82) is 0 Å². The van der Waals surface area contributed by atoms with E-state index >= 15 is 0 Å². The zero-order valence-corrected chi connectivity index (χ0v) is 15.9. The van der Waals surface area contributed by atoms with E-state index in [0.29, 0.717) is 13.2 Å². The third-order valence-corrected chi connectivity index (χ3v) is 4.43. The molecule has 1 atom stereocenters. The molecule has 0 spiro atoms. The van der Waals surface area contributed by atoms with Crippen molar-refractivity contribution in [3.05, 3.63) is 41.9 Å². The Bertz CT molecular complexity index is 723. The molecule has 1 aromatic carbocycles. The number of nitrogens with zero attached hydrogens (tertiary/aromatic N) is 3. The average molecular weight is 356 g/mol. The Morgan fingerprint density at radius 3 is 3.00 bits per heavy atom. The van der Waals surface area contributed by atoms with E-state index in [4.69, 9.17) is 9.47 Å². The summed E-state index contributed by atoms with van der Waals surface area (Å²) in [4.78, 5) is 11.2. The van der Waals surface area contributed by atoms with Gasteiger partial charge in [0.05, 0.1) is 12.6 Å². The maximum Gasteiger partial charge on any atom is 0.137 e. The number of hydrogen-bond donors (Lipinski definition) is 1. The highest BCUT2D eigenvalue weighted by molar-refractivity contribution is 5.55. The van der Waals surface area contributed by atoms with E-state index < -0.39 is 0 Å². The second kappa shape index (κ2) is 8.85. The maximum atomic E-state index is 5.79.